The Balaban J connectivity index is 0.000000540. The molecule has 6 atom stereocenters. The number of aromatic nitrogens is 1. The van der Waals surface area contributed by atoms with Gasteiger partial charge in [0.2, 0.25) is 5.91 Å². The maximum absolute atomic E-state index is 11.3. The Bertz CT molecular complexity index is 616. The largest absolute Gasteiger partial charge is 0.399 e. The molecule has 178 valence electrons. The fraction of sp³-hybridized carbons (Fsp3) is 0.682. The van der Waals surface area contributed by atoms with E-state index in [0.717, 1.165) is 11.6 Å². The van der Waals surface area contributed by atoms with Crippen LogP contribution in [0.2, 0.25) is 0 Å². The van der Waals surface area contributed by atoms with Gasteiger partial charge in [-0.15, -0.1) is 8.58 Å². The van der Waals surface area contributed by atoms with Gasteiger partial charge in [0.05, 0.1) is 30.2 Å². The molecular weight excluding hydrogens is 417 g/mol. The monoisotopic (exact) mass is 457 g/mol. The molecule has 0 aliphatic heterocycles. The van der Waals surface area contributed by atoms with Crippen molar-refractivity contribution < 1.29 is 25.0 Å². The molecule has 1 aromatic heterocycles. The summed E-state index contributed by atoms with van der Waals surface area (Å²) in [6, 6.07) is 4.99. The number of carbonyl (C=O) groups is 1. The summed E-state index contributed by atoms with van der Waals surface area (Å²) < 4.78 is 0. The molecule has 1 amide bonds. The second kappa shape index (κ2) is 17.0. The van der Waals surface area contributed by atoms with E-state index in [0.29, 0.717) is 21.4 Å². The number of hydrogen-bond acceptors (Lipinski definition) is 7. The van der Waals surface area contributed by atoms with E-state index in [2.05, 4.69) is 41.1 Å². The van der Waals surface area contributed by atoms with E-state index < -0.39 is 18.2 Å². The third-order valence-corrected chi connectivity index (χ3v) is 5.88. The lowest BCUT2D eigenvalue weighted by molar-refractivity contribution is -0.125. The van der Waals surface area contributed by atoms with Crippen LogP contribution in [-0.2, 0) is 9.63 Å². The number of rotatable bonds is 6. The van der Waals surface area contributed by atoms with Crippen LogP contribution in [0.3, 0.4) is 0 Å². The number of aliphatic hydroxyl groups is 3. The highest BCUT2D eigenvalue weighted by molar-refractivity contribution is 7.38. The highest BCUT2D eigenvalue weighted by Crippen LogP contribution is 2.35. The number of amides is 1. The van der Waals surface area contributed by atoms with Crippen LogP contribution < -0.4 is 5.32 Å². The maximum Gasteiger partial charge on any atom is 0.220 e. The summed E-state index contributed by atoms with van der Waals surface area (Å²) in [5, 5.41) is 35.5. The fourth-order valence-electron chi connectivity index (χ4n) is 2.96. The van der Waals surface area contributed by atoms with Gasteiger partial charge in [0.25, 0.3) is 0 Å². The van der Waals surface area contributed by atoms with Gasteiger partial charge in [-0.2, -0.15) is 0 Å². The van der Waals surface area contributed by atoms with Crippen molar-refractivity contribution >= 4 is 20.7 Å². The van der Waals surface area contributed by atoms with Crippen LogP contribution in [0.4, 0.5) is 0 Å². The predicted octanol–water partition coefficient (Wildman–Crippen LogP) is 2.02. The second-order valence-corrected chi connectivity index (χ2v) is 9.15. The average Bonchev–Trinajstić information content (AvgIpc) is 2.75. The van der Waals surface area contributed by atoms with Gasteiger partial charge in [0.1, 0.15) is 7.11 Å². The Morgan fingerprint density at radius 3 is 2.48 bits per heavy atom. The Hall–Kier alpha value is -1.60. The van der Waals surface area contributed by atoms with E-state index in [-0.39, 0.29) is 24.1 Å². The molecule has 1 aliphatic rings. The Labute approximate surface area is 188 Å². The first-order chi connectivity index (χ1) is 14.7. The molecule has 1 heterocycles. The van der Waals surface area contributed by atoms with Gasteiger partial charge < -0.3 is 25.5 Å². The van der Waals surface area contributed by atoms with Crippen molar-refractivity contribution in [2.24, 2.45) is 17.0 Å². The molecule has 4 N–H and O–H groups in total. The number of aliphatic hydroxyl groups excluding tert-OH is 3. The van der Waals surface area contributed by atoms with Gasteiger partial charge in [0.15, 0.2) is 0 Å². The molecule has 0 aromatic carbocycles. The Morgan fingerprint density at radius 1 is 1.39 bits per heavy atom. The third kappa shape index (κ3) is 12.1. The van der Waals surface area contributed by atoms with Crippen LogP contribution in [-0.4, -0.2) is 76.7 Å². The van der Waals surface area contributed by atoms with Crippen LogP contribution in [0.15, 0.2) is 29.6 Å². The summed E-state index contributed by atoms with van der Waals surface area (Å²) in [6.45, 7) is 10.2. The zero-order valence-corrected chi connectivity index (χ0v) is 20.5. The van der Waals surface area contributed by atoms with Crippen LogP contribution in [0.25, 0.3) is 0 Å². The van der Waals surface area contributed by atoms with E-state index in [4.69, 9.17) is 0 Å². The van der Waals surface area contributed by atoms with E-state index >= 15 is 0 Å². The minimum atomic E-state index is -0.787. The maximum atomic E-state index is 11.3. The lowest BCUT2D eigenvalue weighted by atomic mass is 9.81. The van der Waals surface area contributed by atoms with Crippen molar-refractivity contribution in [3.8, 4) is 0 Å². The molecule has 8 nitrogen and oxygen atoms in total. The van der Waals surface area contributed by atoms with Crippen LogP contribution in [0.1, 0.15) is 46.2 Å². The molecule has 1 saturated carbocycles. The highest BCUT2D eigenvalue weighted by Gasteiger charge is 2.42. The predicted molar refractivity (Wildman–Crippen MR) is 127 cm³/mol. The first kappa shape index (κ1) is 29.4. The molecule has 2 rings (SSSR count). The number of hydrogen-bond donors (Lipinski definition) is 4. The zero-order valence-electron chi connectivity index (χ0n) is 19.5. The summed E-state index contributed by atoms with van der Waals surface area (Å²) >= 11 is 0. The third-order valence-electron chi connectivity index (χ3n) is 4.40. The van der Waals surface area contributed by atoms with Crippen LogP contribution >= 0.6 is 8.58 Å². The smallest absolute Gasteiger partial charge is 0.220 e. The highest BCUT2D eigenvalue weighted by atomic mass is 31.1. The van der Waals surface area contributed by atoms with Crippen LogP contribution in [0, 0.1) is 11.8 Å². The van der Waals surface area contributed by atoms with Gasteiger partial charge in [-0.25, -0.2) is 0 Å². The Kier molecular flexibility index (Phi) is 16.1. The first-order valence-electron chi connectivity index (χ1n) is 10.6. The van der Waals surface area contributed by atoms with Gasteiger partial charge in [-0.05, 0) is 37.1 Å². The molecule has 0 radical (unpaired) electrons. The number of carbonyl (C=O) groups excluding carboxylic acids is 1. The number of pyridine rings is 1. The van der Waals surface area contributed by atoms with Crippen molar-refractivity contribution in [1.29, 1.82) is 0 Å². The SMILES string of the molecule is CC(C)C.CCC(=O)NC1C(O)CC(CO)C(PC)C1O.CO/N=C/c1ccccn1. The molecule has 0 bridgehead atoms. The minimum absolute atomic E-state index is 0.0337. The van der Waals surface area contributed by atoms with Crippen molar-refractivity contribution in [2.75, 3.05) is 20.4 Å². The lowest BCUT2D eigenvalue weighted by Gasteiger charge is -2.42. The molecule has 0 saturated heterocycles. The molecule has 1 aliphatic carbocycles. The zero-order chi connectivity index (χ0) is 23.8. The summed E-state index contributed by atoms with van der Waals surface area (Å²) in [4.78, 5) is 19.8. The summed E-state index contributed by atoms with van der Waals surface area (Å²) in [5.41, 5.74) is 0.745. The second-order valence-electron chi connectivity index (χ2n) is 7.90. The summed E-state index contributed by atoms with van der Waals surface area (Å²) in [6.07, 6.45) is 2.45. The quantitative estimate of drug-likeness (QED) is 0.294. The Morgan fingerprint density at radius 2 is 2.03 bits per heavy atom. The summed E-state index contributed by atoms with van der Waals surface area (Å²) in [5.74, 6) is 0.576. The van der Waals surface area contributed by atoms with E-state index in [1.165, 1.54) is 7.11 Å². The molecule has 1 fully saturated rings. The molecule has 0 spiro atoms. The lowest BCUT2D eigenvalue weighted by Crippen LogP contribution is -2.60. The van der Waals surface area contributed by atoms with E-state index in [1.54, 1.807) is 19.3 Å². The van der Waals surface area contributed by atoms with Gasteiger partial charge in [-0.1, -0.05) is 38.9 Å². The van der Waals surface area contributed by atoms with Gasteiger partial charge in [0, 0.05) is 24.9 Å². The average molecular weight is 458 g/mol. The van der Waals surface area contributed by atoms with Crippen molar-refractivity contribution in [3.63, 3.8) is 0 Å². The number of nitrogens with zero attached hydrogens (tertiary/aromatic N) is 2. The van der Waals surface area contributed by atoms with Crippen molar-refractivity contribution in [1.82, 2.24) is 10.3 Å². The van der Waals surface area contributed by atoms with E-state index in [9.17, 15) is 20.1 Å². The molecular formula is C22H40N3O5P. The topological polar surface area (TPSA) is 124 Å². The number of oxime groups is 1. The van der Waals surface area contributed by atoms with Crippen molar-refractivity contribution in [3.05, 3.63) is 30.1 Å². The molecule has 1 aromatic rings. The molecule has 31 heavy (non-hydrogen) atoms. The van der Waals surface area contributed by atoms with Crippen molar-refractivity contribution in [2.45, 2.75) is 64.4 Å². The van der Waals surface area contributed by atoms with Gasteiger partial charge >= 0.3 is 0 Å². The minimum Gasteiger partial charge on any atom is -0.399 e. The van der Waals surface area contributed by atoms with Crippen LogP contribution in [0.5, 0.6) is 0 Å². The molecule has 6 unspecified atom stereocenters. The fourth-order valence-corrected chi connectivity index (χ4v) is 4.22. The first-order valence-corrected chi connectivity index (χ1v) is 12.2. The standard InChI is InChI=1S/C11H22NO4P.C7H8N2O.C4H10/c1-3-8(15)12-9-7(14)4-6(5-13)11(17-2)10(9)16;1-10-9-6-7-4-2-3-5-8-7;1-4(2)3/h6-7,9-11,13-14,16-17H,3-5H2,1-2H3,(H,12,15);2-6H,1H3;4H,1-3H3/b;9-6+;. The normalized spacial score (nSPS) is 25.5. The number of nitrogens with one attached hydrogen (secondary N) is 1. The van der Waals surface area contributed by atoms with Gasteiger partial charge in [-0.3, -0.25) is 9.78 Å². The summed E-state index contributed by atoms with van der Waals surface area (Å²) in [7, 11) is 1.97. The van der Waals surface area contributed by atoms with E-state index in [1.807, 2.05) is 24.9 Å². The molecule has 9 heteroatoms.